The van der Waals surface area contributed by atoms with E-state index in [1.54, 1.807) is 12.1 Å². The third-order valence-corrected chi connectivity index (χ3v) is 4.30. The van der Waals surface area contributed by atoms with Gasteiger partial charge in [0.2, 0.25) is 5.91 Å². The predicted molar refractivity (Wildman–Crippen MR) is 95.5 cm³/mol. The minimum atomic E-state index is -0.425. The van der Waals surface area contributed by atoms with Crippen LogP contribution in [0.2, 0.25) is 0 Å². The molecule has 7 nitrogen and oxygen atoms in total. The van der Waals surface area contributed by atoms with Gasteiger partial charge in [-0.1, -0.05) is 6.07 Å². The van der Waals surface area contributed by atoms with E-state index in [4.69, 9.17) is 4.74 Å². The third kappa shape index (κ3) is 5.42. The second-order valence-electron chi connectivity index (χ2n) is 7.55. The molecule has 0 unspecified atom stereocenters. The quantitative estimate of drug-likeness (QED) is 0.653. The van der Waals surface area contributed by atoms with Crippen LogP contribution in [0.3, 0.4) is 0 Å². The first-order valence-electron chi connectivity index (χ1n) is 8.55. The van der Waals surface area contributed by atoms with Gasteiger partial charge < -0.3 is 10.1 Å². The fraction of sp³-hybridized carbons (Fsp3) is 0.611. The van der Waals surface area contributed by atoms with Crippen LogP contribution in [0.4, 0.5) is 5.69 Å². The highest BCUT2D eigenvalue weighted by Gasteiger charge is 2.27. The minimum Gasteiger partial charge on any atom is -0.490 e. The molecule has 0 saturated carbocycles. The van der Waals surface area contributed by atoms with Crippen molar-refractivity contribution in [2.75, 3.05) is 20.2 Å². The van der Waals surface area contributed by atoms with Crippen LogP contribution in [0.5, 0.6) is 5.75 Å². The number of methoxy groups -OCH3 is 1. The summed E-state index contributed by atoms with van der Waals surface area (Å²) in [5.41, 5.74) is 0.653. The average molecular weight is 349 g/mol. The first kappa shape index (κ1) is 19.2. The van der Waals surface area contributed by atoms with E-state index in [-0.39, 0.29) is 28.8 Å². The van der Waals surface area contributed by atoms with E-state index in [1.165, 1.54) is 7.11 Å². The van der Waals surface area contributed by atoms with Gasteiger partial charge in [0.1, 0.15) is 0 Å². The van der Waals surface area contributed by atoms with E-state index < -0.39 is 4.92 Å². The molecule has 1 saturated heterocycles. The van der Waals surface area contributed by atoms with Crippen molar-refractivity contribution >= 4 is 11.6 Å². The Kier molecular flexibility index (Phi) is 6.00. The lowest BCUT2D eigenvalue weighted by atomic mass is 9.94. The first-order valence-corrected chi connectivity index (χ1v) is 8.55. The fourth-order valence-electron chi connectivity index (χ4n) is 3.06. The molecule has 7 heteroatoms. The molecule has 0 atom stereocenters. The number of nitrogens with one attached hydrogen (secondary N) is 1. The van der Waals surface area contributed by atoms with E-state index in [0.717, 1.165) is 31.5 Å². The Morgan fingerprint density at radius 1 is 1.36 bits per heavy atom. The summed E-state index contributed by atoms with van der Waals surface area (Å²) >= 11 is 0. The highest BCUT2D eigenvalue weighted by Crippen LogP contribution is 2.28. The number of carbonyl (C=O) groups is 1. The van der Waals surface area contributed by atoms with Crippen LogP contribution in [0.25, 0.3) is 0 Å². The fourth-order valence-corrected chi connectivity index (χ4v) is 3.06. The highest BCUT2D eigenvalue weighted by atomic mass is 16.6. The van der Waals surface area contributed by atoms with Gasteiger partial charge in [-0.15, -0.1) is 0 Å². The zero-order valence-electron chi connectivity index (χ0n) is 15.4. The van der Waals surface area contributed by atoms with Gasteiger partial charge in [-0.2, -0.15) is 0 Å². The number of ether oxygens (including phenoxy) is 1. The molecule has 0 radical (unpaired) electrons. The number of likely N-dealkylation sites (tertiary alicyclic amines) is 1. The molecule has 1 N–H and O–H groups in total. The number of carbonyl (C=O) groups excluding carboxylic acids is 1. The summed E-state index contributed by atoms with van der Waals surface area (Å²) < 4.78 is 5.03. The van der Waals surface area contributed by atoms with Gasteiger partial charge in [-0.25, -0.2) is 0 Å². The molecule has 0 bridgehead atoms. The summed E-state index contributed by atoms with van der Waals surface area (Å²) in [6, 6.07) is 5.05. The van der Waals surface area contributed by atoms with Crippen LogP contribution in [-0.4, -0.2) is 41.5 Å². The molecule has 1 aromatic carbocycles. The van der Waals surface area contributed by atoms with Crippen molar-refractivity contribution in [1.82, 2.24) is 10.2 Å². The van der Waals surface area contributed by atoms with Crippen LogP contribution in [0, 0.1) is 16.0 Å². The molecule has 1 aliphatic heterocycles. The Morgan fingerprint density at radius 3 is 2.52 bits per heavy atom. The molecule has 2 rings (SSSR count). The molecule has 1 amide bonds. The van der Waals surface area contributed by atoms with Crippen molar-refractivity contribution in [3.05, 3.63) is 33.9 Å². The van der Waals surface area contributed by atoms with Crippen LogP contribution >= 0.6 is 0 Å². The van der Waals surface area contributed by atoms with Gasteiger partial charge in [0, 0.05) is 24.1 Å². The Balaban J connectivity index is 1.93. The summed E-state index contributed by atoms with van der Waals surface area (Å²) in [5.74, 6) is 0.430. The number of benzene rings is 1. The summed E-state index contributed by atoms with van der Waals surface area (Å²) in [4.78, 5) is 25.2. The zero-order valence-corrected chi connectivity index (χ0v) is 15.4. The Morgan fingerprint density at radius 2 is 2.00 bits per heavy atom. The molecule has 0 aromatic heterocycles. The van der Waals surface area contributed by atoms with E-state index >= 15 is 0 Å². The standard InChI is InChI=1S/C18H27N3O4/c1-18(2,3)19-17(22)14-7-9-20(10-8-14)12-13-5-6-16(25-4)15(11-13)21(23)24/h5-6,11,14H,7-10,12H2,1-4H3,(H,19,22). The normalized spacial score (nSPS) is 16.5. The number of nitro benzene ring substituents is 1. The van der Waals surface area contributed by atoms with Crippen molar-refractivity contribution in [1.29, 1.82) is 0 Å². The summed E-state index contributed by atoms with van der Waals surface area (Å²) in [5, 5.41) is 14.2. The van der Waals surface area contributed by atoms with Gasteiger partial charge in [0.25, 0.3) is 0 Å². The Bertz CT molecular complexity index is 632. The first-order chi connectivity index (χ1) is 11.7. The second kappa shape index (κ2) is 7.82. The number of hydrogen-bond acceptors (Lipinski definition) is 5. The van der Waals surface area contributed by atoms with Crippen LogP contribution in [0.1, 0.15) is 39.2 Å². The number of hydrogen-bond donors (Lipinski definition) is 1. The molecule has 25 heavy (non-hydrogen) atoms. The third-order valence-electron chi connectivity index (χ3n) is 4.30. The maximum atomic E-state index is 12.3. The summed E-state index contributed by atoms with van der Waals surface area (Å²) in [7, 11) is 1.43. The molecule has 1 aromatic rings. The molecular weight excluding hydrogens is 322 g/mol. The lowest BCUT2D eigenvalue weighted by Gasteiger charge is -2.33. The largest absolute Gasteiger partial charge is 0.490 e. The summed E-state index contributed by atoms with van der Waals surface area (Å²) in [6.07, 6.45) is 1.61. The lowest BCUT2D eigenvalue weighted by Crippen LogP contribution is -2.46. The Hall–Kier alpha value is -2.15. The van der Waals surface area contributed by atoms with Crippen LogP contribution in [-0.2, 0) is 11.3 Å². The summed E-state index contributed by atoms with van der Waals surface area (Å²) in [6.45, 7) is 8.20. The van der Waals surface area contributed by atoms with Gasteiger partial charge in [0.05, 0.1) is 12.0 Å². The molecule has 1 heterocycles. The number of nitrogens with zero attached hydrogens (tertiary/aromatic N) is 2. The van der Waals surface area contributed by atoms with E-state index in [0.29, 0.717) is 6.54 Å². The predicted octanol–water partition coefficient (Wildman–Crippen LogP) is 2.73. The Labute approximate surface area is 148 Å². The SMILES string of the molecule is COc1ccc(CN2CCC(C(=O)NC(C)(C)C)CC2)cc1[N+](=O)[O-]. The van der Waals surface area contributed by atoms with Crippen molar-refractivity contribution < 1.29 is 14.5 Å². The maximum Gasteiger partial charge on any atom is 0.311 e. The smallest absolute Gasteiger partial charge is 0.311 e. The molecule has 1 fully saturated rings. The van der Waals surface area contributed by atoms with Gasteiger partial charge >= 0.3 is 5.69 Å². The molecule has 0 aliphatic carbocycles. The van der Waals surface area contributed by atoms with Crippen LogP contribution < -0.4 is 10.1 Å². The van der Waals surface area contributed by atoms with Crippen LogP contribution in [0.15, 0.2) is 18.2 Å². The van der Waals surface area contributed by atoms with E-state index in [9.17, 15) is 14.9 Å². The maximum absolute atomic E-state index is 12.3. The molecular formula is C18H27N3O4. The van der Waals surface area contributed by atoms with Gasteiger partial charge in [0.15, 0.2) is 5.75 Å². The minimum absolute atomic E-state index is 0.0144. The van der Waals surface area contributed by atoms with E-state index in [1.807, 2.05) is 26.8 Å². The number of amides is 1. The second-order valence-corrected chi connectivity index (χ2v) is 7.55. The zero-order chi connectivity index (χ0) is 18.6. The number of rotatable bonds is 5. The van der Waals surface area contributed by atoms with Gasteiger partial charge in [-0.3, -0.25) is 19.8 Å². The molecule has 0 spiro atoms. The van der Waals surface area contributed by atoms with Crippen molar-refractivity contribution in [3.63, 3.8) is 0 Å². The van der Waals surface area contributed by atoms with E-state index in [2.05, 4.69) is 10.2 Å². The van der Waals surface area contributed by atoms with Crippen molar-refractivity contribution in [3.8, 4) is 5.75 Å². The topological polar surface area (TPSA) is 84.7 Å². The molecule has 138 valence electrons. The van der Waals surface area contributed by atoms with Gasteiger partial charge in [-0.05, 0) is 58.3 Å². The lowest BCUT2D eigenvalue weighted by molar-refractivity contribution is -0.385. The molecule has 1 aliphatic rings. The van der Waals surface area contributed by atoms with Crippen molar-refractivity contribution in [2.45, 2.75) is 45.7 Å². The average Bonchev–Trinajstić information content (AvgIpc) is 2.53. The highest BCUT2D eigenvalue weighted by molar-refractivity contribution is 5.79. The number of nitro groups is 1. The number of piperidine rings is 1. The van der Waals surface area contributed by atoms with Crippen molar-refractivity contribution in [2.24, 2.45) is 5.92 Å². The monoisotopic (exact) mass is 349 g/mol.